The molecule has 1 aliphatic heterocycles. The number of carbonyl (C=O) groups is 1. The zero-order valence-corrected chi connectivity index (χ0v) is 19.8. The van der Waals surface area contributed by atoms with E-state index in [-0.39, 0.29) is 23.5 Å². The molecule has 1 N–H and O–H groups in total. The largest absolute Gasteiger partial charge is 0.495 e. The molecule has 1 unspecified atom stereocenters. The van der Waals surface area contributed by atoms with Gasteiger partial charge in [-0.15, -0.1) is 0 Å². The van der Waals surface area contributed by atoms with E-state index in [9.17, 15) is 19.6 Å². The number of rotatable bonds is 5. The van der Waals surface area contributed by atoms with Gasteiger partial charge in [-0.05, 0) is 44.7 Å². The number of aliphatic hydroxyl groups is 1. The summed E-state index contributed by atoms with van der Waals surface area (Å²) in [6, 6.07) is 4.79. The van der Waals surface area contributed by atoms with Crippen LogP contribution in [-0.2, 0) is 19.7 Å². The molecule has 6 nitrogen and oxygen atoms in total. The monoisotopic (exact) mass is 455 g/mol. The van der Waals surface area contributed by atoms with Gasteiger partial charge >= 0.3 is 5.97 Å². The van der Waals surface area contributed by atoms with Crippen LogP contribution in [0.5, 0.6) is 5.75 Å². The molecule has 0 saturated heterocycles. The van der Waals surface area contributed by atoms with Crippen molar-refractivity contribution in [1.29, 1.82) is 5.26 Å². The Morgan fingerprint density at radius 1 is 1.27 bits per heavy atom. The number of esters is 1. The highest BCUT2D eigenvalue weighted by Gasteiger charge is 2.41. The molecule has 1 aromatic rings. The lowest BCUT2D eigenvalue weighted by molar-refractivity contribution is -0.207. The van der Waals surface area contributed by atoms with Gasteiger partial charge in [-0.2, -0.15) is 5.26 Å². The van der Waals surface area contributed by atoms with Gasteiger partial charge < -0.3 is 19.3 Å². The van der Waals surface area contributed by atoms with E-state index in [0.717, 1.165) is 25.7 Å². The first-order valence-electron chi connectivity index (χ1n) is 11.1. The second-order valence-electron chi connectivity index (χ2n) is 9.64. The highest BCUT2D eigenvalue weighted by Crippen LogP contribution is 2.39. The standard InChI is InChI=1S/C26H30FNO5/c1-24(2,16-28)20-14-22(31-5)17(12-21(20)27)10-11-26(30,18-8-6-7-9-18)15-19-13-23(29)33-25(3,4)32-19/h12-14,18,30H,6-9,15H2,1-5H3. The van der Waals surface area contributed by atoms with E-state index in [4.69, 9.17) is 14.2 Å². The van der Waals surface area contributed by atoms with E-state index in [0.29, 0.717) is 11.5 Å². The van der Waals surface area contributed by atoms with Crippen molar-refractivity contribution in [2.75, 3.05) is 7.11 Å². The maximum atomic E-state index is 14.9. The van der Waals surface area contributed by atoms with Gasteiger partial charge in [0.05, 0.1) is 30.2 Å². The Bertz CT molecular complexity index is 1070. The highest BCUT2D eigenvalue weighted by atomic mass is 19.1. The number of hydrogen-bond acceptors (Lipinski definition) is 6. The lowest BCUT2D eigenvalue weighted by Gasteiger charge is -2.35. The molecule has 2 aliphatic rings. The minimum Gasteiger partial charge on any atom is -0.495 e. The van der Waals surface area contributed by atoms with E-state index in [1.165, 1.54) is 25.3 Å². The number of nitriles is 1. The quantitative estimate of drug-likeness (QED) is 0.520. The molecule has 0 amide bonds. The first-order chi connectivity index (χ1) is 15.4. The molecule has 176 valence electrons. The number of cyclic esters (lactones) is 1. The number of hydrogen-bond donors (Lipinski definition) is 1. The molecule has 1 fully saturated rings. The van der Waals surface area contributed by atoms with Gasteiger partial charge in [-0.25, -0.2) is 9.18 Å². The predicted molar refractivity (Wildman–Crippen MR) is 119 cm³/mol. The Hall–Kier alpha value is -3.03. The van der Waals surface area contributed by atoms with Crippen LogP contribution in [0.4, 0.5) is 4.39 Å². The third-order valence-corrected chi connectivity index (χ3v) is 6.13. The molecule has 1 atom stereocenters. The second kappa shape index (κ2) is 9.08. The molecular formula is C26H30FNO5. The predicted octanol–water partition coefficient (Wildman–Crippen LogP) is 4.49. The lowest BCUT2D eigenvalue weighted by atomic mass is 9.82. The SMILES string of the molecule is COc1cc(C(C)(C)C#N)c(F)cc1C#CC(O)(CC1=CC(=O)OC(C)(C)O1)C1CCCC1. The van der Waals surface area contributed by atoms with Gasteiger partial charge in [0, 0.05) is 25.8 Å². The Balaban J connectivity index is 2.01. The summed E-state index contributed by atoms with van der Waals surface area (Å²) in [7, 11) is 1.44. The zero-order valence-electron chi connectivity index (χ0n) is 19.8. The van der Waals surface area contributed by atoms with Crippen molar-refractivity contribution in [3.63, 3.8) is 0 Å². The number of ether oxygens (including phenoxy) is 3. The Morgan fingerprint density at radius 2 is 1.94 bits per heavy atom. The summed E-state index contributed by atoms with van der Waals surface area (Å²) in [6.07, 6.45) is 4.75. The first kappa shape index (κ1) is 24.6. The normalized spacial score (nSPS) is 19.8. The van der Waals surface area contributed by atoms with Crippen LogP contribution in [0, 0.1) is 34.9 Å². The summed E-state index contributed by atoms with van der Waals surface area (Å²) in [4.78, 5) is 12.0. The molecule has 7 heteroatoms. The zero-order chi connectivity index (χ0) is 24.4. The van der Waals surface area contributed by atoms with Crippen molar-refractivity contribution < 1.29 is 28.5 Å². The molecule has 1 saturated carbocycles. The van der Waals surface area contributed by atoms with Crippen LogP contribution in [0.1, 0.15) is 70.9 Å². The number of nitrogens with zero attached hydrogens (tertiary/aromatic N) is 1. The van der Waals surface area contributed by atoms with Crippen LogP contribution < -0.4 is 4.74 Å². The van der Waals surface area contributed by atoms with Crippen LogP contribution in [0.3, 0.4) is 0 Å². The highest BCUT2D eigenvalue weighted by molar-refractivity contribution is 5.83. The second-order valence-corrected chi connectivity index (χ2v) is 9.64. The van der Waals surface area contributed by atoms with Crippen LogP contribution in [-0.4, -0.2) is 29.6 Å². The maximum absolute atomic E-state index is 14.9. The van der Waals surface area contributed by atoms with E-state index in [2.05, 4.69) is 17.9 Å². The maximum Gasteiger partial charge on any atom is 0.337 e. The molecule has 0 spiro atoms. The third-order valence-electron chi connectivity index (χ3n) is 6.13. The van der Waals surface area contributed by atoms with E-state index < -0.39 is 28.6 Å². The van der Waals surface area contributed by atoms with Crippen LogP contribution in [0.2, 0.25) is 0 Å². The van der Waals surface area contributed by atoms with Crippen molar-refractivity contribution in [2.45, 2.75) is 76.6 Å². The van der Waals surface area contributed by atoms with Gasteiger partial charge in [-0.3, -0.25) is 0 Å². The topological polar surface area (TPSA) is 88.8 Å². The third kappa shape index (κ3) is 5.49. The van der Waals surface area contributed by atoms with E-state index in [1.54, 1.807) is 27.7 Å². The number of methoxy groups -OCH3 is 1. The summed E-state index contributed by atoms with van der Waals surface area (Å²) in [5.74, 6) is 4.07. The summed E-state index contributed by atoms with van der Waals surface area (Å²) < 4.78 is 31.1. The summed E-state index contributed by atoms with van der Waals surface area (Å²) in [5.41, 5.74) is -2.05. The van der Waals surface area contributed by atoms with Gasteiger partial charge in [-0.1, -0.05) is 24.7 Å². The van der Waals surface area contributed by atoms with Gasteiger partial charge in [0.1, 0.15) is 22.9 Å². The number of halogens is 1. The molecule has 1 heterocycles. The molecule has 1 aliphatic carbocycles. The molecule has 3 rings (SSSR count). The first-order valence-corrected chi connectivity index (χ1v) is 11.1. The van der Waals surface area contributed by atoms with Crippen molar-refractivity contribution in [3.8, 4) is 23.7 Å². The Morgan fingerprint density at radius 3 is 2.52 bits per heavy atom. The lowest BCUT2D eigenvalue weighted by Crippen LogP contribution is -2.40. The summed E-state index contributed by atoms with van der Waals surface area (Å²) >= 11 is 0. The fourth-order valence-electron chi connectivity index (χ4n) is 4.35. The fraction of sp³-hybridized carbons (Fsp3) is 0.538. The van der Waals surface area contributed by atoms with Crippen LogP contribution >= 0.6 is 0 Å². The van der Waals surface area contributed by atoms with Crippen LogP contribution in [0.15, 0.2) is 24.0 Å². The van der Waals surface area contributed by atoms with Crippen molar-refractivity contribution in [1.82, 2.24) is 0 Å². The Labute approximate surface area is 194 Å². The molecular weight excluding hydrogens is 425 g/mol. The minimum atomic E-state index is -1.48. The van der Waals surface area contributed by atoms with Gasteiger partial charge in [0.25, 0.3) is 0 Å². The molecule has 0 radical (unpaired) electrons. The Kier molecular flexibility index (Phi) is 6.77. The summed E-state index contributed by atoms with van der Waals surface area (Å²) in [6.45, 7) is 6.49. The van der Waals surface area contributed by atoms with Gasteiger partial charge in [0.15, 0.2) is 0 Å². The minimum absolute atomic E-state index is 0.00748. The summed E-state index contributed by atoms with van der Waals surface area (Å²) in [5, 5.41) is 21.0. The number of benzene rings is 1. The average molecular weight is 456 g/mol. The number of carbonyl (C=O) groups excluding carboxylic acids is 1. The molecule has 0 bridgehead atoms. The molecule has 33 heavy (non-hydrogen) atoms. The van der Waals surface area contributed by atoms with Crippen molar-refractivity contribution in [3.05, 3.63) is 40.9 Å². The average Bonchev–Trinajstić information content (AvgIpc) is 3.26. The van der Waals surface area contributed by atoms with Crippen molar-refractivity contribution >= 4 is 5.97 Å². The fourth-order valence-corrected chi connectivity index (χ4v) is 4.35. The smallest absolute Gasteiger partial charge is 0.337 e. The van der Waals surface area contributed by atoms with Gasteiger partial charge in [0.2, 0.25) is 5.79 Å². The van der Waals surface area contributed by atoms with E-state index >= 15 is 0 Å². The molecule has 1 aromatic carbocycles. The van der Waals surface area contributed by atoms with E-state index in [1.807, 2.05) is 0 Å². The van der Waals surface area contributed by atoms with Crippen molar-refractivity contribution in [2.24, 2.45) is 5.92 Å². The molecule has 0 aromatic heterocycles. The van der Waals surface area contributed by atoms with Crippen LogP contribution in [0.25, 0.3) is 0 Å².